The molecule has 1 N–H and O–H groups in total. The third kappa shape index (κ3) is 4.91. The van der Waals surface area contributed by atoms with Crippen LogP contribution in [0.15, 0.2) is 52.9 Å². The van der Waals surface area contributed by atoms with Crippen molar-refractivity contribution in [2.24, 2.45) is 0 Å². The van der Waals surface area contributed by atoms with Gasteiger partial charge in [-0.1, -0.05) is 64.5 Å². The Kier molecular flexibility index (Phi) is 6.03. The van der Waals surface area contributed by atoms with E-state index < -0.39 is 0 Å². The number of Topliss-reactive ketones (excluding diaryl/α,β-unsaturated/α-hetero) is 1. The Morgan fingerprint density at radius 3 is 2.38 bits per heavy atom. The fourth-order valence-corrected chi connectivity index (χ4v) is 3.81. The van der Waals surface area contributed by atoms with Crippen LogP contribution in [0.2, 0.25) is 5.02 Å². The van der Waals surface area contributed by atoms with Gasteiger partial charge < -0.3 is 0 Å². The van der Waals surface area contributed by atoms with Gasteiger partial charge in [0.1, 0.15) is 0 Å². The molecular formula is C18H14ClN3O2S2. The molecule has 0 atom stereocenters. The van der Waals surface area contributed by atoms with Crippen molar-refractivity contribution >= 4 is 51.5 Å². The van der Waals surface area contributed by atoms with Crippen molar-refractivity contribution in [3.63, 3.8) is 0 Å². The molecule has 0 unspecified atom stereocenters. The third-order valence-electron chi connectivity index (χ3n) is 3.43. The molecule has 0 fully saturated rings. The molecule has 8 heteroatoms. The summed E-state index contributed by atoms with van der Waals surface area (Å²) in [5.41, 5.74) is 2.26. The first-order valence-electron chi connectivity index (χ1n) is 7.64. The number of nitrogens with one attached hydrogen (secondary N) is 1. The van der Waals surface area contributed by atoms with Crippen LogP contribution in [0.25, 0.3) is 0 Å². The molecule has 1 aromatic heterocycles. The summed E-state index contributed by atoms with van der Waals surface area (Å²) < 4.78 is 0.622. The summed E-state index contributed by atoms with van der Waals surface area (Å²) in [7, 11) is 0. The quantitative estimate of drug-likeness (QED) is 0.366. The Morgan fingerprint density at radius 1 is 1.04 bits per heavy atom. The Balaban J connectivity index is 1.56. The van der Waals surface area contributed by atoms with Crippen LogP contribution in [0.5, 0.6) is 0 Å². The molecule has 0 aliphatic heterocycles. The lowest BCUT2D eigenvalue weighted by molar-refractivity contribution is 0.101. The highest BCUT2D eigenvalue weighted by Gasteiger charge is 2.12. The average Bonchev–Trinajstić information content (AvgIpc) is 3.08. The number of rotatable bonds is 6. The molecule has 0 spiro atoms. The molecule has 0 saturated carbocycles. The third-order valence-corrected chi connectivity index (χ3v) is 5.66. The van der Waals surface area contributed by atoms with Crippen molar-refractivity contribution in [3.05, 3.63) is 70.2 Å². The van der Waals surface area contributed by atoms with E-state index in [2.05, 4.69) is 15.5 Å². The van der Waals surface area contributed by atoms with E-state index in [1.807, 2.05) is 31.2 Å². The number of nitrogens with zero attached hydrogens (tertiary/aromatic N) is 2. The van der Waals surface area contributed by atoms with Gasteiger partial charge in [-0.25, -0.2) is 0 Å². The van der Waals surface area contributed by atoms with Gasteiger partial charge in [-0.15, -0.1) is 10.2 Å². The van der Waals surface area contributed by atoms with Crippen LogP contribution in [0.1, 0.15) is 26.3 Å². The summed E-state index contributed by atoms with van der Waals surface area (Å²) in [6.07, 6.45) is 0. The number of carbonyl (C=O) groups is 2. The zero-order valence-electron chi connectivity index (χ0n) is 13.7. The Hall–Kier alpha value is -2.22. The molecule has 1 amide bonds. The van der Waals surface area contributed by atoms with E-state index in [1.165, 1.54) is 23.1 Å². The topological polar surface area (TPSA) is 72.0 Å². The Bertz CT molecular complexity index is 924. The summed E-state index contributed by atoms with van der Waals surface area (Å²) in [6, 6.07) is 14.0. The molecule has 0 radical (unpaired) electrons. The number of carbonyl (C=O) groups excluding carboxylic acids is 2. The second-order valence-corrected chi connectivity index (χ2v) is 8.05. The molecule has 0 aliphatic carbocycles. The summed E-state index contributed by atoms with van der Waals surface area (Å²) in [5, 5.41) is 11.6. The van der Waals surface area contributed by atoms with Crippen molar-refractivity contribution in [1.29, 1.82) is 0 Å². The standard InChI is InChI=1S/C18H14ClN3O2S2/c1-11-2-4-12(5-3-11)15(23)10-25-18-22-21-17(26-18)20-16(24)13-6-8-14(19)9-7-13/h2-9H,10H2,1H3,(H,20,21,24). The summed E-state index contributed by atoms with van der Waals surface area (Å²) >= 11 is 8.34. The fraction of sp³-hybridized carbons (Fsp3) is 0.111. The number of amides is 1. The van der Waals surface area contributed by atoms with Crippen LogP contribution in [-0.2, 0) is 0 Å². The van der Waals surface area contributed by atoms with Crippen LogP contribution in [0, 0.1) is 6.92 Å². The largest absolute Gasteiger partial charge is 0.296 e. The smallest absolute Gasteiger partial charge is 0.257 e. The molecule has 0 aliphatic rings. The minimum absolute atomic E-state index is 0.0250. The number of aryl methyl sites for hydroxylation is 1. The van der Waals surface area contributed by atoms with Gasteiger partial charge in [0.15, 0.2) is 10.1 Å². The zero-order chi connectivity index (χ0) is 18.5. The van der Waals surface area contributed by atoms with E-state index in [4.69, 9.17) is 11.6 Å². The van der Waals surface area contributed by atoms with Crippen LogP contribution in [-0.4, -0.2) is 27.6 Å². The van der Waals surface area contributed by atoms with Gasteiger partial charge in [0.25, 0.3) is 5.91 Å². The molecule has 26 heavy (non-hydrogen) atoms. The highest BCUT2D eigenvalue weighted by atomic mass is 35.5. The summed E-state index contributed by atoms with van der Waals surface area (Å²) in [5.74, 6) is 0.00470. The maximum Gasteiger partial charge on any atom is 0.257 e. The van der Waals surface area contributed by atoms with E-state index in [9.17, 15) is 9.59 Å². The molecular weight excluding hydrogens is 390 g/mol. The first-order chi connectivity index (χ1) is 12.5. The maximum absolute atomic E-state index is 12.2. The SMILES string of the molecule is Cc1ccc(C(=O)CSc2nnc(NC(=O)c3ccc(Cl)cc3)s2)cc1. The lowest BCUT2D eigenvalue weighted by Crippen LogP contribution is -2.11. The number of aromatic nitrogens is 2. The highest BCUT2D eigenvalue weighted by molar-refractivity contribution is 8.01. The number of benzene rings is 2. The van der Waals surface area contributed by atoms with Crippen molar-refractivity contribution in [2.75, 3.05) is 11.1 Å². The van der Waals surface area contributed by atoms with Gasteiger partial charge in [0, 0.05) is 16.1 Å². The number of anilines is 1. The minimum Gasteiger partial charge on any atom is -0.296 e. The van der Waals surface area contributed by atoms with Crippen LogP contribution < -0.4 is 5.32 Å². The van der Waals surface area contributed by atoms with E-state index in [-0.39, 0.29) is 17.4 Å². The van der Waals surface area contributed by atoms with Gasteiger partial charge in [-0.3, -0.25) is 14.9 Å². The van der Waals surface area contributed by atoms with E-state index in [0.29, 0.717) is 25.6 Å². The number of halogens is 1. The number of thioether (sulfide) groups is 1. The van der Waals surface area contributed by atoms with E-state index in [0.717, 1.165) is 5.56 Å². The predicted octanol–water partition coefficient (Wildman–Crippen LogP) is 4.73. The highest BCUT2D eigenvalue weighted by Crippen LogP contribution is 2.26. The first kappa shape index (κ1) is 18.6. The Morgan fingerprint density at radius 2 is 1.69 bits per heavy atom. The summed E-state index contributed by atoms with van der Waals surface area (Å²) in [4.78, 5) is 24.3. The molecule has 3 rings (SSSR count). The van der Waals surface area contributed by atoms with Gasteiger partial charge in [-0.2, -0.15) is 0 Å². The lowest BCUT2D eigenvalue weighted by Gasteiger charge is -2.01. The predicted molar refractivity (Wildman–Crippen MR) is 106 cm³/mol. The van der Waals surface area contributed by atoms with Gasteiger partial charge in [0.2, 0.25) is 5.13 Å². The minimum atomic E-state index is -0.287. The van der Waals surface area contributed by atoms with Crippen LogP contribution in [0.4, 0.5) is 5.13 Å². The normalized spacial score (nSPS) is 10.5. The molecule has 0 bridgehead atoms. The first-order valence-corrected chi connectivity index (χ1v) is 9.82. The molecule has 0 saturated heterocycles. The van der Waals surface area contributed by atoms with Crippen molar-refractivity contribution in [3.8, 4) is 0 Å². The van der Waals surface area contributed by atoms with Gasteiger partial charge in [0.05, 0.1) is 5.75 Å². The van der Waals surface area contributed by atoms with Crippen molar-refractivity contribution in [1.82, 2.24) is 10.2 Å². The number of hydrogen-bond donors (Lipinski definition) is 1. The van der Waals surface area contributed by atoms with E-state index >= 15 is 0 Å². The second-order valence-electron chi connectivity index (χ2n) is 5.41. The lowest BCUT2D eigenvalue weighted by atomic mass is 10.1. The molecule has 1 heterocycles. The van der Waals surface area contributed by atoms with Crippen molar-refractivity contribution < 1.29 is 9.59 Å². The number of hydrogen-bond acceptors (Lipinski definition) is 6. The fourth-order valence-electron chi connectivity index (χ4n) is 2.04. The van der Waals surface area contributed by atoms with Crippen LogP contribution in [0.3, 0.4) is 0 Å². The Labute approximate surface area is 163 Å². The maximum atomic E-state index is 12.2. The van der Waals surface area contributed by atoms with Crippen LogP contribution >= 0.6 is 34.7 Å². The monoisotopic (exact) mass is 403 g/mol. The van der Waals surface area contributed by atoms with Gasteiger partial charge >= 0.3 is 0 Å². The molecule has 3 aromatic rings. The zero-order valence-corrected chi connectivity index (χ0v) is 16.1. The van der Waals surface area contributed by atoms with Crippen molar-refractivity contribution in [2.45, 2.75) is 11.3 Å². The van der Waals surface area contributed by atoms with Gasteiger partial charge in [-0.05, 0) is 31.2 Å². The molecule has 2 aromatic carbocycles. The number of ketones is 1. The summed E-state index contributed by atoms with van der Waals surface area (Å²) in [6.45, 7) is 1.98. The second kappa shape index (κ2) is 8.44. The average molecular weight is 404 g/mol. The molecule has 5 nitrogen and oxygen atoms in total. The van der Waals surface area contributed by atoms with E-state index in [1.54, 1.807) is 24.3 Å². The molecule has 132 valence electrons.